The molecule has 0 radical (unpaired) electrons. The predicted molar refractivity (Wildman–Crippen MR) is 117 cm³/mol. The van der Waals surface area contributed by atoms with Crippen molar-refractivity contribution in [2.45, 2.75) is 6.61 Å². The number of benzene rings is 3. The van der Waals surface area contributed by atoms with Gasteiger partial charge in [0.15, 0.2) is 0 Å². The van der Waals surface area contributed by atoms with Gasteiger partial charge in [-0.05, 0) is 54.1 Å². The van der Waals surface area contributed by atoms with Crippen LogP contribution in [0.1, 0.15) is 26.4 Å². The standard InChI is InChI=1S/C23H13Cl2NO2S/c24-18-10-7-15(11-19(18)25)13-28-22-17-3-1-2-4-20(17)29-23(22)21(27)16-8-5-14(12-26)6-9-16/h1-11H,13H2. The van der Waals surface area contributed by atoms with Crippen molar-refractivity contribution < 1.29 is 9.53 Å². The average molecular weight is 438 g/mol. The molecule has 0 aliphatic heterocycles. The SMILES string of the molecule is N#Cc1ccc(C(=O)c2sc3ccccc3c2OCc2ccc(Cl)c(Cl)c2)cc1. The Morgan fingerprint density at radius 2 is 1.76 bits per heavy atom. The van der Waals surface area contributed by atoms with Gasteiger partial charge in [0.25, 0.3) is 0 Å². The van der Waals surface area contributed by atoms with E-state index >= 15 is 0 Å². The summed E-state index contributed by atoms with van der Waals surface area (Å²) in [5.41, 5.74) is 1.87. The van der Waals surface area contributed by atoms with Crippen molar-refractivity contribution in [1.82, 2.24) is 0 Å². The maximum absolute atomic E-state index is 13.2. The number of ketones is 1. The summed E-state index contributed by atoms with van der Waals surface area (Å²) < 4.78 is 7.06. The monoisotopic (exact) mass is 437 g/mol. The van der Waals surface area contributed by atoms with Crippen LogP contribution in [0.15, 0.2) is 66.7 Å². The first-order valence-corrected chi connectivity index (χ1v) is 10.3. The minimum atomic E-state index is -0.139. The van der Waals surface area contributed by atoms with Gasteiger partial charge in [0.05, 0.1) is 21.7 Å². The van der Waals surface area contributed by atoms with Crippen LogP contribution in [-0.4, -0.2) is 5.78 Å². The Hall–Kier alpha value is -2.84. The molecule has 29 heavy (non-hydrogen) atoms. The molecule has 1 aromatic heterocycles. The highest BCUT2D eigenvalue weighted by molar-refractivity contribution is 7.21. The zero-order valence-corrected chi connectivity index (χ0v) is 17.3. The summed E-state index contributed by atoms with van der Waals surface area (Å²) in [5, 5.41) is 10.8. The number of carbonyl (C=O) groups excluding carboxylic acids is 1. The maximum Gasteiger partial charge on any atom is 0.206 e. The molecular formula is C23H13Cl2NO2S. The molecule has 0 saturated carbocycles. The highest BCUT2D eigenvalue weighted by Crippen LogP contribution is 2.39. The molecule has 0 aliphatic rings. The molecule has 0 bridgehead atoms. The van der Waals surface area contributed by atoms with E-state index in [1.165, 1.54) is 11.3 Å². The van der Waals surface area contributed by atoms with Crippen LogP contribution >= 0.6 is 34.5 Å². The summed E-state index contributed by atoms with van der Waals surface area (Å²) in [6.07, 6.45) is 0. The van der Waals surface area contributed by atoms with Crippen molar-refractivity contribution in [2.24, 2.45) is 0 Å². The Bertz CT molecular complexity index is 1260. The topological polar surface area (TPSA) is 50.1 Å². The van der Waals surface area contributed by atoms with Crippen LogP contribution in [0.3, 0.4) is 0 Å². The number of carbonyl (C=O) groups is 1. The summed E-state index contributed by atoms with van der Waals surface area (Å²) in [7, 11) is 0. The average Bonchev–Trinajstić information content (AvgIpc) is 3.12. The quantitative estimate of drug-likeness (QED) is 0.319. The lowest BCUT2D eigenvalue weighted by Crippen LogP contribution is -2.03. The molecule has 3 nitrogen and oxygen atoms in total. The number of nitriles is 1. The fraction of sp³-hybridized carbons (Fsp3) is 0.0435. The summed E-state index contributed by atoms with van der Waals surface area (Å²) in [6, 6.07) is 21.7. The zero-order chi connectivity index (χ0) is 20.4. The van der Waals surface area contributed by atoms with Crippen LogP contribution in [0.25, 0.3) is 10.1 Å². The van der Waals surface area contributed by atoms with Crippen LogP contribution in [0, 0.1) is 11.3 Å². The van der Waals surface area contributed by atoms with Gasteiger partial charge in [0.1, 0.15) is 17.2 Å². The van der Waals surface area contributed by atoms with Gasteiger partial charge in [0, 0.05) is 15.6 Å². The van der Waals surface area contributed by atoms with Crippen LogP contribution < -0.4 is 4.74 Å². The number of hydrogen-bond acceptors (Lipinski definition) is 4. The summed E-state index contributed by atoms with van der Waals surface area (Å²) >= 11 is 13.5. The van der Waals surface area contributed by atoms with Gasteiger partial charge in [-0.1, -0.05) is 41.4 Å². The fourth-order valence-corrected chi connectivity index (χ4v) is 4.36. The third kappa shape index (κ3) is 3.99. The van der Waals surface area contributed by atoms with Crippen molar-refractivity contribution in [3.05, 3.63) is 98.3 Å². The van der Waals surface area contributed by atoms with E-state index in [2.05, 4.69) is 6.07 Å². The number of ether oxygens (including phenoxy) is 1. The second-order valence-corrected chi connectivity index (χ2v) is 8.18. The largest absolute Gasteiger partial charge is 0.487 e. The third-order valence-corrected chi connectivity index (χ3v) is 6.29. The van der Waals surface area contributed by atoms with E-state index in [9.17, 15) is 4.79 Å². The molecule has 0 saturated heterocycles. The van der Waals surface area contributed by atoms with Crippen LogP contribution in [0.4, 0.5) is 0 Å². The van der Waals surface area contributed by atoms with Gasteiger partial charge in [-0.3, -0.25) is 4.79 Å². The molecule has 1 heterocycles. The first-order chi connectivity index (χ1) is 14.1. The molecule has 0 aliphatic carbocycles. The molecule has 6 heteroatoms. The zero-order valence-electron chi connectivity index (χ0n) is 15.0. The molecule has 0 fully saturated rings. The van der Waals surface area contributed by atoms with Crippen molar-refractivity contribution in [3.63, 3.8) is 0 Å². The number of hydrogen-bond donors (Lipinski definition) is 0. The Morgan fingerprint density at radius 3 is 2.48 bits per heavy atom. The lowest BCUT2D eigenvalue weighted by molar-refractivity contribution is 0.103. The van der Waals surface area contributed by atoms with E-state index in [1.807, 2.05) is 30.3 Å². The minimum Gasteiger partial charge on any atom is -0.487 e. The van der Waals surface area contributed by atoms with E-state index in [0.717, 1.165) is 15.6 Å². The van der Waals surface area contributed by atoms with Crippen molar-refractivity contribution >= 4 is 50.4 Å². The van der Waals surface area contributed by atoms with Crippen molar-refractivity contribution in [3.8, 4) is 11.8 Å². The number of halogens is 2. The number of thiophene rings is 1. The predicted octanol–water partition coefficient (Wildman–Crippen LogP) is 6.89. The van der Waals surface area contributed by atoms with Crippen LogP contribution in [0.5, 0.6) is 5.75 Å². The van der Waals surface area contributed by atoms with E-state index < -0.39 is 0 Å². The second-order valence-electron chi connectivity index (χ2n) is 6.31. The minimum absolute atomic E-state index is 0.139. The van der Waals surface area contributed by atoms with Crippen molar-refractivity contribution in [2.75, 3.05) is 0 Å². The maximum atomic E-state index is 13.2. The number of rotatable bonds is 5. The Balaban J connectivity index is 1.71. The van der Waals surface area contributed by atoms with E-state index in [1.54, 1.807) is 36.4 Å². The number of nitrogens with zero attached hydrogens (tertiary/aromatic N) is 1. The lowest BCUT2D eigenvalue weighted by atomic mass is 10.1. The second kappa shape index (κ2) is 8.26. The van der Waals surface area contributed by atoms with E-state index in [-0.39, 0.29) is 12.4 Å². The molecule has 0 N–H and O–H groups in total. The van der Waals surface area contributed by atoms with Gasteiger partial charge >= 0.3 is 0 Å². The van der Waals surface area contributed by atoms with Gasteiger partial charge < -0.3 is 4.74 Å². The third-order valence-electron chi connectivity index (χ3n) is 4.40. The van der Waals surface area contributed by atoms with Gasteiger partial charge in [-0.2, -0.15) is 5.26 Å². The van der Waals surface area contributed by atoms with E-state index in [4.69, 9.17) is 33.2 Å². The molecule has 3 aromatic carbocycles. The van der Waals surface area contributed by atoms with Gasteiger partial charge in [0.2, 0.25) is 5.78 Å². The molecule has 0 spiro atoms. The molecule has 142 valence electrons. The van der Waals surface area contributed by atoms with Crippen LogP contribution in [0.2, 0.25) is 10.0 Å². The van der Waals surface area contributed by atoms with Crippen LogP contribution in [-0.2, 0) is 6.61 Å². The lowest BCUT2D eigenvalue weighted by Gasteiger charge is -2.09. The Morgan fingerprint density at radius 1 is 1.00 bits per heavy atom. The first kappa shape index (κ1) is 19.5. The molecule has 4 aromatic rings. The molecule has 0 amide bonds. The molecule has 0 atom stereocenters. The van der Waals surface area contributed by atoms with Gasteiger partial charge in [-0.15, -0.1) is 11.3 Å². The van der Waals surface area contributed by atoms with Gasteiger partial charge in [-0.25, -0.2) is 0 Å². The van der Waals surface area contributed by atoms with Crippen molar-refractivity contribution in [1.29, 1.82) is 5.26 Å². The first-order valence-electron chi connectivity index (χ1n) is 8.70. The summed E-state index contributed by atoms with van der Waals surface area (Å²) in [5.74, 6) is 0.408. The van der Waals surface area contributed by atoms with E-state index in [0.29, 0.717) is 31.8 Å². The number of fused-ring (bicyclic) bond motifs is 1. The molecular weight excluding hydrogens is 425 g/mol. The highest BCUT2D eigenvalue weighted by Gasteiger charge is 2.21. The normalized spacial score (nSPS) is 10.7. The highest BCUT2D eigenvalue weighted by atomic mass is 35.5. The Labute approximate surface area is 181 Å². The summed E-state index contributed by atoms with van der Waals surface area (Å²) in [6.45, 7) is 0.255. The fourth-order valence-electron chi connectivity index (χ4n) is 2.93. The molecule has 0 unspecified atom stereocenters. The Kier molecular flexibility index (Phi) is 5.55. The smallest absolute Gasteiger partial charge is 0.206 e. The summed E-state index contributed by atoms with van der Waals surface area (Å²) in [4.78, 5) is 13.7. The molecule has 4 rings (SSSR count).